The molecule has 0 saturated heterocycles. The van der Waals surface area contributed by atoms with Gasteiger partial charge >= 0.3 is 0 Å². The van der Waals surface area contributed by atoms with Crippen molar-refractivity contribution < 1.29 is 14.3 Å². The van der Waals surface area contributed by atoms with Crippen molar-refractivity contribution in [1.82, 2.24) is 0 Å². The molecule has 4 heteroatoms. The zero-order valence-electron chi connectivity index (χ0n) is 13.4. The molecule has 0 aliphatic heterocycles. The Hall–Kier alpha value is 0.0969. The van der Waals surface area contributed by atoms with Gasteiger partial charge in [0.25, 0.3) is 0 Å². The quantitative estimate of drug-likeness (QED) is 0.722. The highest BCUT2D eigenvalue weighted by molar-refractivity contribution is 6.74. The van der Waals surface area contributed by atoms with E-state index < -0.39 is 14.4 Å². The van der Waals surface area contributed by atoms with E-state index in [1.165, 1.54) is 0 Å². The Bertz CT molecular complexity index is 234. The summed E-state index contributed by atoms with van der Waals surface area (Å²) in [4.78, 5) is 0. The minimum atomic E-state index is -1.82. The standard InChI is InChI=1S/C14H32O3Si/c1-9-10-12(13(16-6)11(2)15)17-18(7,8)14(3,4)5/h11-13,15H,9-10H2,1-8H3/t11-,12+,13+/m0/s1. The first-order valence-corrected chi connectivity index (χ1v) is 9.86. The van der Waals surface area contributed by atoms with E-state index in [-0.39, 0.29) is 17.2 Å². The van der Waals surface area contributed by atoms with Gasteiger partial charge in [0.15, 0.2) is 8.32 Å². The van der Waals surface area contributed by atoms with Crippen molar-refractivity contribution >= 4 is 8.32 Å². The second-order valence-corrected chi connectivity index (χ2v) is 11.4. The average molecular weight is 276 g/mol. The van der Waals surface area contributed by atoms with Crippen LogP contribution >= 0.6 is 0 Å². The van der Waals surface area contributed by atoms with Crippen LogP contribution in [0.4, 0.5) is 0 Å². The van der Waals surface area contributed by atoms with Crippen LogP contribution in [0.15, 0.2) is 0 Å². The van der Waals surface area contributed by atoms with Crippen LogP contribution in [0.3, 0.4) is 0 Å². The van der Waals surface area contributed by atoms with Crippen LogP contribution in [0.2, 0.25) is 18.1 Å². The van der Waals surface area contributed by atoms with Gasteiger partial charge in [-0.2, -0.15) is 0 Å². The number of hydrogen-bond donors (Lipinski definition) is 1. The van der Waals surface area contributed by atoms with E-state index in [4.69, 9.17) is 9.16 Å². The number of aliphatic hydroxyl groups excluding tert-OH is 1. The molecule has 18 heavy (non-hydrogen) atoms. The molecule has 0 bridgehead atoms. The summed E-state index contributed by atoms with van der Waals surface area (Å²) < 4.78 is 11.8. The van der Waals surface area contributed by atoms with E-state index >= 15 is 0 Å². The molecular formula is C14H32O3Si. The first-order valence-electron chi connectivity index (χ1n) is 6.95. The average Bonchev–Trinajstić information content (AvgIpc) is 2.15. The summed E-state index contributed by atoms with van der Waals surface area (Å²) in [6.45, 7) is 15.1. The lowest BCUT2D eigenvalue weighted by Gasteiger charge is -2.41. The van der Waals surface area contributed by atoms with Gasteiger partial charge in [-0.25, -0.2) is 0 Å². The van der Waals surface area contributed by atoms with Crippen molar-refractivity contribution in [3.05, 3.63) is 0 Å². The third-order valence-electron chi connectivity index (χ3n) is 3.94. The monoisotopic (exact) mass is 276 g/mol. The van der Waals surface area contributed by atoms with E-state index in [1.54, 1.807) is 14.0 Å². The van der Waals surface area contributed by atoms with Crippen LogP contribution < -0.4 is 0 Å². The predicted molar refractivity (Wildman–Crippen MR) is 79.5 cm³/mol. The lowest BCUT2D eigenvalue weighted by atomic mass is 10.1. The highest BCUT2D eigenvalue weighted by atomic mass is 28.4. The molecule has 110 valence electrons. The smallest absolute Gasteiger partial charge is 0.192 e. The van der Waals surface area contributed by atoms with E-state index in [1.807, 2.05) is 0 Å². The van der Waals surface area contributed by atoms with E-state index in [2.05, 4.69) is 40.8 Å². The SMILES string of the molecule is CCC[C@@H](O[Si](C)(C)C(C)(C)C)[C@H](OC)[C@H](C)O. The number of rotatable bonds is 7. The fourth-order valence-corrected chi connectivity index (χ4v) is 3.15. The lowest BCUT2D eigenvalue weighted by molar-refractivity contribution is -0.0721. The minimum Gasteiger partial charge on any atom is -0.411 e. The van der Waals surface area contributed by atoms with Crippen LogP contribution in [0.25, 0.3) is 0 Å². The second-order valence-electron chi connectivity index (χ2n) is 6.65. The van der Waals surface area contributed by atoms with Gasteiger partial charge in [0.1, 0.15) is 6.10 Å². The first kappa shape index (κ1) is 18.1. The van der Waals surface area contributed by atoms with Crippen molar-refractivity contribution in [2.75, 3.05) is 7.11 Å². The van der Waals surface area contributed by atoms with Gasteiger partial charge in [0.2, 0.25) is 0 Å². The molecule has 0 aliphatic carbocycles. The maximum atomic E-state index is 9.82. The van der Waals surface area contributed by atoms with Gasteiger partial charge in [-0.3, -0.25) is 0 Å². The Labute approximate surface area is 114 Å². The predicted octanol–water partition coefficient (Wildman–Crippen LogP) is 3.57. The van der Waals surface area contributed by atoms with Gasteiger partial charge in [-0.15, -0.1) is 0 Å². The first-order chi connectivity index (χ1) is 8.06. The Balaban J connectivity index is 4.92. The zero-order chi connectivity index (χ0) is 14.6. The molecule has 0 amide bonds. The fraction of sp³-hybridized carbons (Fsp3) is 1.00. The van der Waals surface area contributed by atoms with E-state index in [9.17, 15) is 5.11 Å². The minimum absolute atomic E-state index is 0.0131. The molecule has 0 rings (SSSR count). The summed E-state index contributed by atoms with van der Waals surface area (Å²) in [6.07, 6.45) is 1.21. The largest absolute Gasteiger partial charge is 0.411 e. The topological polar surface area (TPSA) is 38.7 Å². The number of hydrogen-bond acceptors (Lipinski definition) is 3. The summed E-state index contributed by atoms with van der Waals surface area (Å²) in [7, 11) is -0.173. The van der Waals surface area contributed by atoms with Crippen LogP contribution in [0.1, 0.15) is 47.5 Å². The van der Waals surface area contributed by atoms with Gasteiger partial charge < -0.3 is 14.3 Å². The third kappa shape index (κ3) is 5.00. The highest BCUT2D eigenvalue weighted by Crippen LogP contribution is 2.38. The van der Waals surface area contributed by atoms with Gasteiger partial charge in [-0.1, -0.05) is 34.1 Å². The van der Waals surface area contributed by atoms with Gasteiger partial charge in [0.05, 0.1) is 12.2 Å². The molecule has 3 nitrogen and oxygen atoms in total. The third-order valence-corrected chi connectivity index (χ3v) is 8.44. The Kier molecular flexibility index (Phi) is 7.07. The van der Waals surface area contributed by atoms with Crippen molar-refractivity contribution in [2.24, 2.45) is 0 Å². The van der Waals surface area contributed by atoms with Gasteiger partial charge in [-0.05, 0) is 31.5 Å². The van der Waals surface area contributed by atoms with Crippen molar-refractivity contribution in [1.29, 1.82) is 0 Å². The van der Waals surface area contributed by atoms with Crippen LogP contribution in [0.5, 0.6) is 0 Å². The molecule has 0 aromatic heterocycles. The molecule has 1 N–H and O–H groups in total. The summed E-state index contributed by atoms with van der Waals surface area (Å²) in [5, 5.41) is 10.00. The Morgan fingerprint density at radius 3 is 2.00 bits per heavy atom. The van der Waals surface area contributed by atoms with Crippen LogP contribution in [0, 0.1) is 0 Å². The normalized spacial score (nSPS) is 18.5. The van der Waals surface area contributed by atoms with Gasteiger partial charge in [0, 0.05) is 7.11 Å². The number of methoxy groups -OCH3 is 1. The van der Waals surface area contributed by atoms with Crippen molar-refractivity contribution in [3.63, 3.8) is 0 Å². The number of ether oxygens (including phenoxy) is 1. The number of aliphatic hydroxyl groups is 1. The van der Waals surface area contributed by atoms with Crippen molar-refractivity contribution in [2.45, 2.75) is 83.9 Å². The Morgan fingerprint density at radius 1 is 1.22 bits per heavy atom. The maximum Gasteiger partial charge on any atom is 0.192 e. The molecule has 0 fully saturated rings. The fourth-order valence-electron chi connectivity index (χ4n) is 1.79. The zero-order valence-corrected chi connectivity index (χ0v) is 14.4. The molecular weight excluding hydrogens is 244 g/mol. The summed E-state index contributed by atoms with van der Waals surface area (Å²) in [6, 6.07) is 0. The summed E-state index contributed by atoms with van der Waals surface area (Å²) >= 11 is 0. The molecule has 0 saturated carbocycles. The van der Waals surface area contributed by atoms with Crippen LogP contribution in [-0.2, 0) is 9.16 Å². The highest BCUT2D eigenvalue weighted by Gasteiger charge is 2.41. The molecule has 0 aromatic carbocycles. The molecule has 0 unspecified atom stereocenters. The van der Waals surface area contributed by atoms with E-state index in [0.717, 1.165) is 12.8 Å². The molecule has 0 spiro atoms. The van der Waals surface area contributed by atoms with E-state index in [0.29, 0.717) is 0 Å². The van der Waals surface area contributed by atoms with Crippen molar-refractivity contribution in [3.8, 4) is 0 Å². The summed E-state index contributed by atoms with van der Waals surface area (Å²) in [5.74, 6) is 0. The molecule has 0 aromatic rings. The Morgan fingerprint density at radius 2 is 1.72 bits per heavy atom. The second kappa shape index (κ2) is 7.03. The lowest BCUT2D eigenvalue weighted by Crippen LogP contribution is -2.49. The maximum absolute atomic E-state index is 9.82. The summed E-state index contributed by atoms with van der Waals surface area (Å²) in [5.41, 5.74) is 0. The molecule has 0 aliphatic rings. The van der Waals surface area contributed by atoms with Crippen LogP contribution in [-0.4, -0.2) is 38.8 Å². The molecule has 0 heterocycles. The molecule has 0 radical (unpaired) electrons. The molecule has 3 atom stereocenters.